The molecule has 0 spiro atoms. The molecule has 0 unspecified atom stereocenters. The molecule has 5 nitrogen and oxygen atoms in total. The Morgan fingerprint density at radius 3 is 2.56 bits per heavy atom. The summed E-state index contributed by atoms with van der Waals surface area (Å²) in [6, 6.07) is 0. The van der Waals surface area contributed by atoms with Crippen LogP contribution < -0.4 is 10.6 Å². The van der Waals surface area contributed by atoms with Gasteiger partial charge in [-0.1, -0.05) is 0 Å². The van der Waals surface area contributed by atoms with Gasteiger partial charge in [0.05, 0.1) is 17.3 Å². The first kappa shape index (κ1) is 14.7. The predicted octanol–water partition coefficient (Wildman–Crippen LogP) is 1.29. The molecule has 0 saturated carbocycles. The first-order chi connectivity index (χ1) is 8.38. The summed E-state index contributed by atoms with van der Waals surface area (Å²) in [6.07, 6.45) is 2.57. The number of nitrogens with zero attached hydrogens (tertiary/aromatic N) is 2. The highest BCUT2D eigenvalue weighted by Crippen LogP contribution is 2.18. The van der Waals surface area contributed by atoms with Gasteiger partial charge in [-0.05, 0) is 47.7 Å². The van der Waals surface area contributed by atoms with Crippen LogP contribution in [0, 0.1) is 6.92 Å². The molecule has 5 heteroatoms. The van der Waals surface area contributed by atoms with Gasteiger partial charge in [-0.15, -0.1) is 0 Å². The summed E-state index contributed by atoms with van der Waals surface area (Å²) in [7, 11) is 1.90. The molecule has 1 amide bonds. The third-order valence-corrected chi connectivity index (χ3v) is 2.78. The van der Waals surface area contributed by atoms with E-state index in [1.807, 2.05) is 18.7 Å². The Bertz CT molecular complexity index is 404. The summed E-state index contributed by atoms with van der Waals surface area (Å²) in [6.45, 7) is 9.73. The van der Waals surface area contributed by atoms with Gasteiger partial charge in [0.1, 0.15) is 0 Å². The van der Waals surface area contributed by atoms with Gasteiger partial charge < -0.3 is 10.6 Å². The van der Waals surface area contributed by atoms with Crippen LogP contribution in [0.2, 0.25) is 0 Å². The Kier molecular flexibility index (Phi) is 4.90. The summed E-state index contributed by atoms with van der Waals surface area (Å²) in [4.78, 5) is 12.0. The van der Waals surface area contributed by atoms with Gasteiger partial charge >= 0.3 is 0 Å². The van der Waals surface area contributed by atoms with Crippen molar-refractivity contribution < 1.29 is 4.79 Å². The van der Waals surface area contributed by atoms with Crippen LogP contribution in [0.25, 0.3) is 0 Å². The number of rotatable bonds is 5. The van der Waals surface area contributed by atoms with Crippen molar-refractivity contribution in [3.63, 3.8) is 0 Å². The second kappa shape index (κ2) is 6.00. The average molecular weight is 252 g/mol. The van der Waals surface area contributed by atoms with Gasteiger partial charge in [-0.2, -0.15) is 5.10 Å². The minimum Gasteiger partial charge on any atom is -0.352 e. The Hall–Kier alpha value is -1.36. The van der Waals surface area contributed by atoms with E-state index in [2.05, 4.69) is 36.5 Å². The van der Waals surface area contributed by atoms with Gasteiger partial charge in [0, 0.05) is 12.2 Å². The lowest BCUT2D eigenvalue weighted by Gasteiger charge is -2.21. The molecule has 0 aromatic carbocycles. The van der Waals surface area contributed by atoms with Crippen molar-refractivity contribution in [2.75, 3.05) is 20.1 Å². The molecular weight excluding hydrogens is 228 g/mol. The van der Waals surface area contributed by atoms with E-state index in [1.165, 1.54) is 0 Å². The maximum atomic E-state index is 12.0. The summed E-state index contributed by atoms with van der Waals surface area (Å²) in [5.74, 6) is -0.0425. The Morgan fingerprint density at radius 1 is 1.39 bits per heavy atom. The van der Waals surface area contributed by atoms with Crippen LogP contribution in [-0.4, -0.2) is 35.8 Å². The standard InChI is InChI=1S/C13H24N4O/c1-10-11(9-16-17(10)13(2,3)4)12(18)15-8-6-7-14-5/h9,14H,6-8H2,1-5H3,(H,15,18). The number of hydrogen-bond acceptors (Lipinski definition) is 3. The van der Waals surface area contributed by atoms with E-state index in [0.29, 0.717) is 12.1 Å². The molecule has 1 rings (SSSR count). The molecule has 0 fully saturated rings. The van der Waals surface area contributed by atoms with Crippen molar-refractivity contribution in [2.45, 2.75) is 39.7 Å². The number of aromatic nitrogens is 2. The van der Waals surface area contributed by atoms with Crippen molar-refractivity contribution in [2.24, 2.45) is 0 Å². The second-order valence-electron chi connectivity index (χ2n) is 5.44. The molecule has 2 N–H and O–H groups in total. The molecule has 0 aliphatic heterocycles. The van der Waals surface area contributed by atoms with E-state index in [1.54, 1.807) is 6.20 Å². The summed E-state index contributed by atoms with van der Waals surface area (Å²) < 4.78 is 1.88. The monoisotopic (exact) mass is 252 g/mol. The van der Waals surface area contributed by atoms with Crippen LogP contribution in [0.5, 0.6) is 0 Å². The molecule has 1 aromatic heterocycles. The van der Waals surface area contributed by atoms with E-state index in [4.69, 9.17) is 0 Å². The van der Waals surface area contributed by atoms with Gasteiger partial charge in [0.15, 0.2) is 0 Å². The largest absolute Gasteiger partial charge is 0.352 e. The minimum atomic E-state index is -0.102. The smallest absolute Gasteiger partial charge is 0.254 e. The number of amides is 1. The summed E-state index contributed by atoms with van der Waals surface area (Å²) in [5.41, 5.74) is 1.47. The molecule has 18 heavy (non-hydrogen) atoms. The minimum absolute atomic E-state index is 0.0425. The molecule has 0 bridgehead atoms. The van der Waals surface area contributed by atoms with Gasteiger partial charge in [0.25, 0.3) is 5.91 Å². The Balaban J connectivity index is 2.67. The molecule has 0 aliphatic rings. The van der Waals surface area contributed by atoms with E-state index in [9.17, 15) is 4.79 Å². The number of hydrogen-bond donors (Lipinski definition) is 2. The Morgan fingerprint density at radius 2 is 2.06 bits per heavy atom. The molecule has 0 radical (unpaired) electrons. The van der Waals surface area contributed by atoms with E-state index >= 15 is 0 Å². The van der Waals surface area contributed by atoms with Gasteiger partial charge in [-0.25, -0.2) is 0 Å². The maximum Gasteiger partial charge on any atom is 0.254 e. The zero-order chi connectivity index (χ0) is 13.8. The normalized spacial score (nSPS) is 11.6. The molecule has 0 atom stereocenters. The Labute approximate surface area is 109 Å². The van der Waals surface area contributed by atoms with E-state index in [-0.39, 0.29) is 11.4 Å². The summed E-state index contributed by atoms with van der Waals surface area (Å²) >= 11 is 0. The van der Waals surface area contributed by atoms with Crippen molar-refractivity contribution in [1.29, 1.82) is 0 Å². The highest BCUT2D eigenvalue weighted by Gasteiger charge is 2.21. The fourth-order valence-corrected chi connectivity index (χ4v) is 1.87. The van der Waals surface area contributed by atoms with Gasteiger partial charge in [0.2, 0.25) is 0 Å². The molecule has 0 aliphatic carbocycles. The fourth-order valence-electron chi connectivity index (χ4n) is 1.87. The fraction of sp³-hybridized carbons (Fsp3) is 0.692. The topological polar surface area (TPSA) is 58.9 Å². The third kappa shape index (κ3) is 3.57. The zero-order valence-corrected chi connectivity index (χ0v) is 12.0. The quantitative estimate of drug-likeness (QED) is 0.776. The van der Waals surface area contributed by atoms with Crippen LogP contribution in [-0.2, 0) is 5.54 Å². The van der Waals surface area contributed by atoms with Crippen LogP contribution in [0.4, 0.5) is 0 Å². The van der Waals surface area contributed by atoms with Crippen LogP contribution in [0.15, 0.2) is 6.20 Å². The lowest BCUT2D eigenvalue weighted by Crippen LogP contribution is -2.28. The highest BCUT2D eigenvalue weighted by atomic mass is 16.1. The van der Waals surface area contributed by atoms with E-state index < -0.39 is 0 Å². The number of carbonyl (C=O) groups is 1. The van der Waals surface area contributed by atoms with Crippen LogP contribution in [0.1, 0.15) is 43.2 Å². The predicted molar refractivity (Wildman–Crippen MR) is 72.8 cm³/mol. The van der Waals surface area contributed by atoms with Crippen LogP contribution >= 0.6 is 0 Å². The average Bonchev–Trinajstić information content (AvgIpc) is 2.66. The molecule has 0 saturated heterocycles. The second-order valence-corrected chi connectivity index (χ2v) is 5.44. The van der Waals surface area contributed by atoms with Crippen molar-refractivity contribution in [3.05, 3.63) is 17.5 Å². The lowest BCUT2D eigenvalue weighted by atomic mass is 10.1. The first-order valence-corrected chi connectivity index (χ1v) is 6.36. The molecule has 102 valence electrons. The van der Waals surface area contributed by atoms with Crippen molar-refractivity contribution >= 4 is 5.91 Å². The van der Waals surface area contributed by atoms with E-state index in [0.717, 1.165) is 18.7 Å². The summed E-state index contributed by atoms with van der Waals surface area (Å²) in [5, 5.41) is 10.3. The van der Waals surface area contributed by atoms with Gasteiger partial charge in [-0.3, -0.25) is 9.48 Å². The molecule has 1 heterocycles. The number of carbonyl (C=O) groups excluding carboxylic acids is 1. The van der Waals surface area contributed by atoms with Crippen molar-refractivity contribution in [3.8, 4) is 0 Å². The first-order valence-electron chi connectivity index (χ1n) is 6.36. The molecule has 1 aromatic rings. The van der Waals surface area contributed by atoms with Crippen LogP contribution in [0.3, 0.4) is 0 Å². The SMILES string of the molecule is CNCCCNC(=O)c1cnn(C(C)(C)C)c1C. The molecular formula is C13H24N4O. The van der Waals surface area contributed by atoms with Crippen molar-refractivity contribution in [1.82, 2.24) is 20.4 Å². The highest BCUT2D eigenvalue weighted by molar-refractivity contribution is 5.95. The number of nitrogens with one attached hydrogen (secondary N) is 2. The lowest BCUT2D eigenvalue weighted by molar-refractivity contribution is 0.0952. The third-order valence-electron chi connectivity index (χ3n) is 2.78. The maximum absolute atomic E-state index is 12.0. The zero-order valence-electron chi connectivity index (χ0n) is 12.0.